The van der Waals surface area contributed by atoms with E-state index in [4.69, 9.17) is 0 Å². The third kappa shape index (κ3) is 3.29. The fourth-order valence-corrected chi connectivity index (χ4v) is 4.68. The van der Waals surface area contributed by atoms with Gasteiger partial charge in [0.05, 0.1) is 6.04 Å². The minimum absolute atomic E-state index is 0.140. The average Bonchev–Trinajstić information content (AvgIpc) is 3.47. The Morgan fingerprint density at radius 2 is 2.07 bits per heavy atom. The molecule has 0 spiro atoms. The second-order valence-corrected chi connectivity index (χ2v) is 8.04. The summed E-state index contributed by atoms with van der Waals surface area (Å²) < 4.78 is 1.97. The van der Waals surface area contributed by atoms with Crippen molar-refractivity contribution in [3.05, 3.63) is 53.3 Å². The smallest absolute Gasteiger partial charge is 0.255 e. The lowest BCUT2D eigenvalue weighted by molar-refractivity contribution is -0.136. The number of fused-ring (bicyclic) bond motifs is 1. The molecule has 9 nitrogen and oxygen atoms in total. The van der Waals surface area contributed by atoms with E-state index in [1.165, 1.54) is 0 Å². The van der Waals surface area contributed by atoms with E-state index in [0.717, 1.165) is 24.2 Å². The number of nitrogens with one attached hydrogen (secondary N) is 3. The molecule has 3 aliphatic rings. The van der Waals surface area contributed by atoms with Gasteiger partial charge in [-0.25, -0.2) is 0 Å². The highest BCUT2D eigenvalue weighted by atomic mass is 16.2. The summed E-state index contributed by atoms with van der Waals surface area (Å²) in [6, 6.07) is 7.53. The van der Waals surface area contributed by atoms with E-state index >= 15 is 0 Å². The van der Waals surface area contributed by atoms with Crippen LogP contribution in [-0.2, 0) is 22.7 Å². The van der Waals surface area contributed by atoms with Gasteiger partial charge in [-0.3, -0.25) is 24.4 Å². The molecule has 5 rings (SSSR count). The van der Waals surface area contributed by atoms with Crippen LogP contribution in [0.5, 0.6) is 0 Å². The maximum atomic E-state index is 13.0. The van der Waals surface area contributed by atoms with Crippen molar-refractivity contribution in [2.75, 3.05) is 13.1 Å². The molecule has 0 saturated carbocycles. The lowest BCUT2D eigenvalue weighted by Crippen LogP contribution is -2.52. The molecule has 3 atom stereocenters. The summed E-state index contributed by atoms with van der Waals surface area (Å²) >= 11 is 0. The van der Waals surface area contributed by atoms with Gasteiger partial charge >= 0.3 is 0 Å². The molecule has 1 aromatic heterocycles. The van der Waals surface area contributed by atoms with Gasteiger partial charge in [0.2, 0.25) is 11.8 Å². The quantitative estimate of drug-likeness (QED) is 0.599. The van der Waals surface area contributed by atoms with Crippen LogP contribution in [0, 0.1) is 0 Å². The monoisotopic (exact) mass is 408 g/mol. The van der Waals surface area contributed by atoms with Crippen LogP contribution in [0.3, 0.4) is 0 Å². The first-order valence-corrected chi connectivity index (χ1v) is 10.3. The first-order chi connectivity index (χ1) is 14.6. The highest BCUT2D eigenvalue weighted by Gasteiger charge is 2.39. The maximum absolute atomic E-state index is 13.0. The average molecular weight is 408 g/mol. The van der Waals surface area contributed by atoms with E-state index in [1.807, 2.05) is 35.1 Å². The zero-order chi connectivity index (χ0) is 20.7. The predicted octanol–water partition coefficient (Wildman–Crippen LogP) is -0.0532. The maximum Gasteiger partial charge on any atom is 0.255 e. The lowest BCUT2D eigenvalue weighted by Gasteiger charge is -2.29. The fourth-order valence-electron chi connectivity index (χ4n) is 4.68. The van der Waals surface area contributed by atoms with Crippen molar-refractivity contribution in [2.24, 2.45) is 0 Å². The zero-order valence-electron chi connectivity index (χ0n) is 16.5. The summed E-state index contributed by atoms with van der Waals surface area (Å²) in [6.07, 6.45) is 4.39. The number of aromatic nitrogens is 2. The Kier molecular flexibility index (Phi) is 4.84. The van der Waals surface area contributed by atoms with E-state index < -0.39 is 6.04 Å². The lowest BCUT2D eigenvalue weighted by atomic mass is 10.0. The molecule has 2 fully saturated rings. The molecule has 2 saturated heterocycles. The first kappa shape index (κ1) is 19.0. The highest BCUT2D eigenvalue weighted by Crippen LogP contribution is 2.30. The number of benzene rings is 1. The third-order valence-electron chi connectivity index (χ3n) is 6.28. The molecule has 1 aromatic carbocycles. The van der Waals surface area contributed by atoms with E-state index in [0.29, 0.717) is 25.1 Å². The van der Waals surface area contributed by atoms with Crippen molar-refractivity contribution in [2.45, 2.75) is 44.1 Å². The van der Waals surface area contributed by atoms with Crippen LogP contribution in [0.25, 0.3) is 0 Å². The van der Waals surface area contributed by atoms with Crippen LogP contribution in [0.2, 0.25) is 0 Å². The predicted molar refractivity (Wildman–Crippen MR) is 107 cm³/mol. The minimum atomic E-state index is -0.591. The normalized spacial score (nSPS) is 26.2. The molecule has 0 bridgehead atoms. The number of nitrogens with zero attached hydrogens (tertiary/aromatic N) is 3. The van der Waals surface area contributed by atoms with Gasteiger partial charge in [0.1, 0.15) is 6.04 Å². The van der Waals surface area contributed by atoms with Crippen molar-refractivity contribution in [3.63, 3.8) is 0 Å². The van der Waals surface area contributed by atoms with Gasteiger partial charge in [-0.05, 0) is 29.7 Å². The summed E-state index contributed by atoms with van der Waals surface area (Å²) in [7, 11) is 0. The molecule has 1 unspecified atom stereocenters. The molecule has 3 N–H and O–H groups in total. The molecule has 30 heavy (non-hydrogen) atoms. The van der Waals surface area contributed by atoms with Crippen molar-refractivity contribution >= 4 is 17.7 Å². The Morgan fingerprint density at radius 3 is 2.87 bits per heavy atom. The van der Waals surface area contributed by atoms with Gasteiger partial charge in [-0.15, -0.1) is 0 Å². The van der Waals surface area contributed by atoms with Crippen LogP contribution >= 0.6 is 0 Å². The van der Waals surface area contributed by atoms with E-state index in [2.05, 4.69) is 21.0 Å². The number of hydrogen-bond donors (Lipinski definition) is 3. The van der Waals surface area contributed by atoms with Gasteiger partial charge < -0.3 is 15.5 Å². The summed E-state index contributed by atoms with van der Waals surface area (Å²) in [6.45, 7) is 2.72. The standard InChI is InChI=1S/C21H24N6O3/c28-19-6-5-17(20(29)25-19)26-12-15-13(3-1-4-14(15)21(26)30)9-23-16-10-22-11-18(16)27-8-2-7-24-27/h1-4,7-8,16-18,22-23H,5-6,9-12H2,(H,25,28,29)/t16-,17?,18+/m1/s1. The van der Waals surface area contributed by atoms with Gasteiger partial charge in [0.15, 0.2) is 0 Å². The molecule has 0 radical (unpaired) electrons. The van der Waals surface area contributed by atoms with E-state index in [1.54, 1.807) is 11.1 Å². The van der Waals surface area contributed by atoms with Gasteiger partial charge in [-0.1, -0.05) is 12.1 Å². The molecule has 4 heterocycles. The summed E-state index contributed by atoms with van der Waals surface area (Å²) in [5.74, 6) is -0.799. The SMILES string of the molecule is O=C1CCC(N2Cc3c(CN[C@@H]4CNC[C@@H]4n4cccn4)cccc3C2=O)C(=O)N1. The van der Waals surface area contributed by atoms with Crippen molar-refractivity contribution in [3.8, 4) is 0 Å². The van der Waals surface area contributed by atoms with Crippen LogP contribution in [0.4, 0.5) is 0 Å². The first-order valence-electron chi connectivity index (χ1n) is 10.3. The molecule has 3 amide bonds. The van der Waals surface area contributed by atoms with Crippen LogP contribution in [0.1, 0.15) is 40.4 Å². The van der Waals surface area contributed by atoms with Gasteiger partial charge in [-0.2, -0.15) is 5.10 Å². The minimum Gasteiger partial charge on any atom is -0.322 e. The van der Waals surface area contributed by atoms with Crippen LogP contribution in [0.15, 0.2) is 36.7 Å². The number of carbonyl (C=O) groups is 3. The van der Waals surface area contributed by atoms with Crippen LogP contribution < -0.4 is 16.0 Å². The Labute approximate surface area is 173 Å². The number of hydrogen-bond acceptors (Lipinski definition) is 6. The van der Waals surface area contributed by atoms with Crippen molar-refractivity contribution in [1.82, 2.24) is 30.6 Å². The second kappa shape index (κ2) is 7.66. The van der Waals surface area contributed by atoms with E-state index in [9.17, 15) is 14.4 Å². The molecule has 9 heteroatoms. The topological polar surface area (TPSA) is 108 Å². The van der Waals surface area contributed by atoms with E-state index in [-0.39, 0.29) is 36.2 Å². The van der Waals surface area contributed by atoms with Gasteiger partial charge in [0, 0.05) is 56.6 Å². The summed E-state index contributed by atoms with van der Waals surface area (Å²) in [5.41, 5.74) is 2.66. The fraction of sp³-hybridized carbons (Fsp3) is 0.429. The number of carbonyl (C=O) groups excluding carboxylic acids is 3. The molecule has 3 aliphatic heterocycles. The van der Waals surface area contributed by atoms with Crippen molar-refractivity contribution < 1.29 is 14.4 Å². The number of piperidine rings is 1. The Bertz CT molecular complexity index is 989. The number of amides is 3. The Balaban J connectivity index is 1.31. The molecule has 2 aromatic rings. The molecule has 0 aliphatic carbocycles. The number of rotatable bonds is 5. The third-order valence-corrected chi connectivity index (χ3v) is 6.28. The van der Waals surface area contributed by atoms with Gasteiger partial charge in [0.25, 0.3) is 5.91 Å². The molecule has 156 valence electrons. The van der Waals surface area contributed by atoms with Crippen LogP contribution in [-0.4, -0.2) is 57.6 Å². The summed E-state index contributed by atoms with van der Waals surface area (Å²) in [4.78, 5) is 38.3. The summed E-state index contributed by atoms with van der Waals surface area (Å²) in [5, 5.41) is 13.7. The number of imide groups is 1. The molecular formula is C21H24N6O3. The Morgan fingerprint density at radius 1 is 1.17 bits per heavy atom. The largest absolute Gasteiger partial charge is 0.322 e. The Hall–Kier alpha value is -3.04. The second-order valence-electron chi connectivity index (χ2n) is 8.04. The highest BCUT2D eigenvalue weighted by molar-refractivity contribution is 6.05. The molecular weight excluding hydrogens is 384 g/mol. The zero-order valence-corrected chi connectivity index (χ0v) is 16.5. The van der Waals surface area contributed by atoms with Crippen molar-refractivity contribution in [1.29, 1.82) is 0 Å².